The highest BCUT2D eigenvalue weighted by atomic mass is 32.2. The summed E-state index contributed by atoms with van der Waals surface area (Å²) in [6, 6.07) is 0. The van der Waals surface area contributed by atoms with Gasteiger partial charge in [-0.05, 0) is 57.9 Å². The number of amides is 1. The second-order valence-corrected chi connectivity index (χ2v) is 10.4. The van der Waals surface area contributed by atoms with E-state index in [-0.39, 0.29) is 17.6 Å². The van der Waals surface area contributed by atoms with E-state index >= 15 is 0 Å². The van der Waals surface area contributed by atoms with Gasteiger partial charge in [0.15, 0.2) is 5.16 Å². The molecule has 32 heavy (non-hydrogen) atoms. The molecule has 2 heterocycles. The molecule has 2 aromatic rings. The number of rotatable bonds is 8. The number of carbonyl (C=O) groups excluding carboxylic acids is 2. The van der Waals surface area contributed by atoms with E-state index in [0.717, 1.165) is 48.8 Å². The van der Waals surface area contributed by atoms with Crippen LogP contribution in [-0.4, -0.2) is 39.0 Å². The van der Waals surface area contributed by atoms with Crippen molar-refractivity contribution < 1.29 is 14.3 Å². The first-order valence-electron chi connectivity index (χ1n) is 11.8. The van der Waals surface area contributed by atoms with Crippen molar-refractivity contribution in [3.8, 4) is 0 Å². The van der Waals surface area contributed by atoms with Gasteiger partial charge in [-0.15, -0.1) is 21.5 Å². The number of anilines is 1. The van der Waals surface area contributed by atoms with Gasteiger partial charge in [0.25, 0.3) is 0 Å². The number of aromatic nitrogens is 3. The Hall–Kier alpha value is -1.87. The molecule has 2 aromatic heterocycles. The Morgan fingerprint density at radius 2 is 1.91 bits per heavy atom. The summed E-state index contributed by atoms with van der Waals surface area (Å²) in [6.07, 6.45) is 10.2. The third-order valence-electron chi connectivity index (χ3n) is 6.27. The highest BCUT2D eigenvalue weighted by Crippen LogP contribution is 2.39. The van der Waals surface area contributed by atoms with Crippen molar-refractivity contribution in [2.45, 2.75) is 89.3 Å². The Balaban J connectivity index is 1.44. The van der Waals surface area contributed by atoms with Gasteiger partial charge in [0.05, 0.1) is 17.9 Å². The van der Waals surface area contributed by atoms with Crippen LogP contribution in [0.3, 0.4) is 0 Å². The minimum atomic E-state index is -0.335. The summed E-state index contributed by atoms with van der Waals surface area (Å²) in [5.41, 5.74) is 1.62. The van der Waals surface area contributed by atoms with Crippen molar-refractivity contribution in [3.63, 3.8) is 0 Å². The molecule has 2 aliphatic rings. The summed E-state index contributed by atoms with van der Waals surface area (Å²) in [5, 5.41) is 13.3. The van der Waals surface area contributed by atoms with Crippen molar-refractivity contribution >= 4 is 40.0 Å². The number of hydrogen-bond acceptors (Lipinski definition) is 7. The number of esters is 1. The first-order chi connectivity index (χ1) is 15.6. The minimum Gasteiger partial charge on any atom is -0.462 e. The zero-order valence-corrected chi connectivity index (χ0v) is 20.6. The molecule has 0 bridgehead atoms. The van der Waals surface area contributed by atoms with Crippen LogP contribution in [0.2, 0.25) is 0 Å². The SMILES string of the molecule is CCOC(=O)c1c(NC(=O)CSc2nnc(C3CCCCC3)n2CC)sc2c1CCCC2. The summed E-state index contributed by atoms with van der Waals surface area (Å²) < 4.78 is 7.44. The van der Waals surface area contributed by atoms with Crippen molar-refractivity contribution in [2.75, 3.05) is 17.7 Å². The lowest BCUT2D eigenvalue weighted by Gasteiger charge is -2.21. The predicted octanol–water partition coefficient (Wildman–Crippen LogP) is 5.19. The normalized spacial score (nSPS) is 16.6. The van der Waals surface area contributed by atoms with Gasteiger partial charge in [0, 0.05) is 17.3 Å². The Morgan fingerprint density at radius 3 is 2.66 bits per heavy atom. The molecule has 1 N–H and O–H groups in total. The topological polar surface area (TPSA) is 86.1 Å². The molecular weight excluding hydrogens is 444 g/mol. The van der Waals surface area contributed by atoms with Crippen LogP contribution in [0.25, 0.3) is 0 Å². The van der Waals surface area contributed by atoms with Crippen molar-refractivity contribution in [1.29, 1.82) is 0 Å². The van der Waals surface area contributed by atoms with E-state index < -0.39 is 0 Å². The fourth-order valence-electron chi connectivity index (χ4n) is 4.73. The van der Waals surface area contributed by atoms with Crippen LogP contribution in [0.5, 0.6) is 0 Å². The van der Waals surface area contributed by atoms with Gasteiger partial charge in [-0.1, -0.05) is 31.0 Å². The van der Waals surface area contributed by atoms with Gasteiger partial charge < -0.3 is 14.6 Å². The number of thioether (sulfide) groups is 1. The quantitative estimate of drug-likeness (QED) is 0.417. The van der Waals surface area contributed by atoms with Crippen LogP contribution in [-0.2, 0) is 28.9 Å². The zero-order valence-electron chi connectivity index (χ0n) is 18.9. The minimum absolute atomic E-state index is 0.135. The van der Waals surface area contributed by atoms with E-state index in [4.69, 9.17) is 4.74 Å². The molecule has 0 radical (unpaired) electrons. The smallest absolute Gasteiger partial charge is 0.341 e. The van der Waals surface area contributed by atoms with E-state index in [1.807, 2.05) is 0 Å². The molecule has 0 aromatic carbocycles. The van der Waals surface area contributed by atoms with Crippen LogP contribution in [0.15, 0.2) is 5.16 Å². The summed E-state index contributed by atoms with van der Waals surface area (Å²) in [4.78, 5) is 26.6. The van der Waals surface area contributed by atoms with Crippen molar-refractivity contribution in [1.82, 2.24) is 14.8 Å². The predicted molar refractivity (Wildman–Crippen MR) is 128 cm³/mol. The van der Waals surface area contributed by atoms with Gasteiger partial charge in [-0.3, -0.25) is 4.79 Å². The molecule has 4 rings (SSSR count). The van der Waals surface area contributed by atoms with Crippen molar-refractivity contribution in [3.05, 3.63) is 21.8 Å². The fourth-order valence-corrected chi connectivity index (χ4v) is 6.84. The number of nitrogens with zero attached hydrogens (tertiary/aromatic N) is 3. The second kappa shape index (κ2) is 10.8. The van der Waals surface area contributed by atoms with Crippen LogP contribution in [0, 0.1) is 0 Å². The van der Waals surface area contributed by atoms with Crippen LogP contribution >= 0.6 is 23.1 Å². The fraction of sp³-hybridized carbons (Fsp3) is 0.652. The molecule has 2 aliphatic carbocycles. The summed E-state index contributed by atoms with van der Waals surface area (Å²) in [5.74, 6) is 1.30. The number of carbonyl (C=O) groups is 2. The number of aryl methyl sites for hydroxylation is 1. The summed E-state index contributed by atoms with van der Waals surface area (Å²) in [7, 11) is 0. The lowest BCUT2D eigenvalue weighted by Crippen LogP contribution is -2.17. The molecule has 0 unspecified atom stereocenters. The number of nitrogens with one attached hydrogen (secondary N) is 1. The van der Waals surface area contributed by atoms with Crippen LogP contribution < -0.4 is 5.32 Å². The average molecular weight is 477 g/mol. The van der Waals surface area contributed by atoms with E-state index in [2.05, 4.69) is 27.0 Å². The monoisotopic (exact) mass is 476 g/mol. The first-order valence-corrected chi connectivity index (χ1v) is 13.6. The molecule has 1 saturated carbocycles. The standard InChI is InChI=1S/C23H32N4O3S2/c1-3-27-20(15-10-6-5-7-11-15)25-26-23(27)31-14-18(28)24-21-19(22(29)30-4-2)16-12-8-9-13-17(16)32-21/h15H,3-14H2,1-2H3,(H,24,28). The maximum Gasteiger partial charge on any atom is 0.341 e. The Morgan fingerprint density at radius 1 is 1.12 bits per heavy atom. The molecule has 0 aliphatic heterocycles. The number of ether oxygens (including phenoxy) is 1. The van der Waals surface area contributed by atoms with E-state index in [9.17, 15) is 9.59 Å². The Kier molecular flexibility index (Phi) is 7.88. The molecule has 1 fully saturated rings. The van der Waals surface area contributed by atoms with Crippen LogP contribution in [0.1, 0.15) is 91.3 Å². The summed E-state index contributed by atoms with van der Waals surface area (Å²) in [6.45, 7) is 5.02. The van der Waals surface area contributed by atoms with Crippen molar-refractivity contribution in [2.24, 2.45) is 0 Å². The van der Waals surface area contributed by atoms with Gasteiger partial charge >= 0.3 is 5.97 Å². The number of fused-ring (bicyclic) bond motifs is 1. The van der Waals surface area contributed by atoms with Gasteiger partial charge in [0.2, 0.25) is 5.91 Å². The molecule has 0 spiro atoms. The van der Waals surface area contributed by atoms with E-state index in [0.29, 0.717) is 23.1 Å². The molecule has 1 amide bonds. The van der Waals surface area contributed by atoms with Gasteiger partial charge in [-0.2, -0.15) is 0 Å². The number of thiophene rings is 1. The lowest BCUT2D eigenvalue weighted by atomic mass is 9.89. The molecule has 9 heteroatoms. The first kappa shape index (κ1) is 23.3. The molecule has 0 atom stereocenters. The molecular formula is C23H32N4O3S2. The molecule has 0 saturated heterocycles. The Labute approximate surface area is 197 Å². The van der Waals surface area contributed by atoms with E-state index in [1.54, 1.807) is 6.92 Å². The molecule has 174 valence electrons. The molecule has 7 nitrogen and oxygen atoms in total. The largest absolute Gasteiger partial charge is 0.462 e. The van der Waals surface area contributed by atoms with Gasteiger partial charge in [0.1, 0.15) is 10.8 Å². The third-order valence-corrected chi connectivity index (χ3v) is 8.44. The second-order valence-electron chi connectivity index (χ2n) is 8.39. The third kappa shape index (κ3) is 5.03. The van der Waals surface area contributed by atoms with E-state index in [1.165, 1.54) is 60.1 Å². The zero-order chi connectivity index (χ0) is 22.5. The lowest BCUT2D eigenvalue weighted by molar-refractivity contribution is -0.113. The maximum atomic E-state index is 12.8. The maximum absolute atomic E-state index is 12.8. The Bertz CT molecular complexity index is 963. The highest BCUT2D eigenvalue weighted by molar-refractivity contribution is 7.99. The summed E-state index contributed by atoms with van der Waals surface area (Å²) >= 11 is 2.93. The number of hydrogen-bond donors (Lipinski definition) is 1. The highest BCUT2D eigenvalue weighted by Gasteiger charge is 2.28. The average Bonchev–Trinajstić information content (AvgIpc) is 3.39. The van der Waals surface area contributed by atoms with Gasteiger partial charge in [-0.25, -0.2) is 4.79 Å². The van der Waals surface area contributed by atoms with Crippen LogP contribution in [0.4, 0.5) is 5.00 Å².